The SMILES string of the molecule is COCCN(CC1CCNC(C)C1)C1CC1. The van der Waals surface area contributed by atoms with Gasteiger partial charge in [-0.2, -0.15) is 0 Å². The van der Waals surface area contributed by atoms with E-state index in [2.05, 4.69) is 17.1 Å². The van der Waals surface area contributed by atoms with Gasteiger partial charge >= 0.3 is 0 Å². The van der Waals surface area contributed by atoms with Crippen LogP contribution in [0.15, 0.2) is 0 Å². The van der Waals surface area contributed by atoms with Crippen LogP contribution in [0.5, 0.6) is 0 Å². The molecule has 16 heavy (non-hydrogen) atoms. The van der Waals surface area contributed by atoms with Crippen molar-refractivity contribution in [2.24, 2.45) is 5.92 Å². The lowest BCUT2D eigenvalue weighted by molar-refractivity contribution is 0.122. The predicted octanol–water partition coefficient (Wildman–Crippen LogP) is 1.49. The molecular formula is C13H26N2O. The third kappa shape index (κ3) is 3.72. The van der Waals surface area contributed by atoms with Crippen molar-refractivity contribution >= 4 is 0 Å². The number of nitrogens with one attached hydrogen (secondary N) is 1. The van der Waals surface area contributed by atoms with E-state index in [1.807, 2.05) is 0 Å². The van der Waals surface area contributed by atoms with E-state index in [4.69, 9.17) is 4.74 Å². The van der Waals surface area contributed by atoms with Gasteiger partial charge in [0.05, 0.1) is 6.61 Å². The number of ether oxygens (including phenoxy) is 1. The summed E-state index contributed by atoms with van der Waals surface area (Å²) in [6, 6.07) is 1.59. The van der Waals surface area contributed by atoms with Crippen molar-refractivity contribution in [3.8, 4) is 0 Å². The predicted molar refractivity (Wildman–Crippen MR) is 66.7 cm³/mol. The average molecular weight is 226 g/mol. The summed E-state index contributed by atoms with van der Waals surface area (Å²) in [7, 11) is 1.80. The zero-order chi connectivity index (χ0) is 11.4. The normalized spacial score (nSPS) is 30.9. The van der Waals surface area contributed by atoms with E-state index in [1.54, 1.807) is 7.11 Å². The van der Waals surface area contributed by atoms with Crippen molar-refractivity contribution in [1.29, 1.82) is 0 Å². The summed E-state index contributed by atoms with van der Waals surface area (Å²) in [5.74, 6) is 0.897. The maximum absolute atomic E-state index is 5.21. The van der Waals surface area contributed by atoms with Gasteiger partial charge < -0.3 is 10.1 Å². The lowest BCUT2D eigenvalue weighted by atomic mass is 9.93. The Hall–Kier alpha value is -0.120. The summed E-state index contributed by atoms with van der Waals surface area (Å²) in [5.41, 5.74) is 0. The van der Waals surface area contributed by atoms with E-state index in [9.17, 15) is 0 Å². The number of methoxy groups -OCH3 is 1. The van der Waals surface area contributed by atoms with E-state index < -0.39 is 0 Å². The van der Waals surface area contributed by atoms with Crippen LogP contribution in [0.1, 0.15) is 32.6 Å². The van der Waals surface area contributed by atoms with E-state index >= 15 is 0 Å². The fourth-order valence-corrected chi connectivity index (χ4v) is 2.80. The molecule has 2 unspecified atom stereocenters. The fourth-order valence-electron chi connectivity index (χ4n) is 2.80. The molecule has 0 amide bonds. The zero-order valence-corrected chi connectivity index (χ0v) is 10.7. The van der Waals surface area contributed by atoms with Gasteiger partial charge in [0.2, 0.25) is 0 Å². The van der Waals surface area contributed by atoms with Gasteiger partial charge in [0.1, 0.15) is 0 Å². The van der Waals surface area contributed by atoms with Crippen LogP contribution in [0.4, 0.5) is 0 Å². The van der Waals surface area contributed by atoms with Crippen LogP contribution in [0.2, 0.25) is 0 Å². The fraction of sp³-hybridized carbons (Fsp3) is 1.00. The van der Waals surface area contributed by atoms with Gasteiger partial charge in [-0.3, -0.25) is 4.90 Å². The minimum atomic E-state index is 0.710. The maximum Gasteiger partial charge on any atom is 0.0589 e. The first-order chi connectivity index (χ1) is 7.79. The Labute approximate surface area is 99.5 Å². The highest BCUT2D eigenvalue weighted by Gasteiger charge is 2.31. The van der Waals surface area contributed by atoms with E-state index in [0.29, 0.717) is 6.04 Å². The van der Waals surface area contributed by atoms with Crippen molar-refractivity contribution in [2.45, 2.75) is 44.7 Å². The quantitative estimate of drug-likeness (QED) is 0.742. The Bertz CT molecular complexity index is 206. The molecule has 0 aromatic carbocycles. The van der Waals surface area contributed by atoms with Crippen LogP contribution in [0.25, 0.3) is 0 Å². The molecule has 0 aromatic rings. The molecule has 1 aliphatic heterocycles. The molecule has 0 spiro atoms. The monoisotopic (exact) mass is 226 g/mol. The molecule has 2 rings (SSSR count). The van der Waals surface area contributed by atoms with Gasteiger partial charge in [-0.05, 0) is 45.1 Å². The number of piperidine rings is 1. The third-order valence-electron chi connectivity index (χ3n) is 3.87. The van der Waals surface area contributed by atoms with Crippen molar-refractivity contribution in [3.05, 3.63) is 0 Å². The number of rotatable bonds is 6. The highest BCUT2D eigenvalue weighted by Crippen LogP contribution is 2.29. The molecule has 0 bridgehead atoms. The molecule has 0 aromatic heterocycles. The largest absolute Gasteiger partial charge is 0.383 e. The molecule has 3 heteroatoms. The molecule has 2 atom stereocenters. The lowest BCUT2D eigenvalue weighted by Gasteiger charge is -2.32. The minimum absolute atomic E-state index is 0.710. The number of hydrogen-bond donors (Lipinski definition) is 1. The standard InChI is InChI=1S/C13H26N2O/c1-11-9-12(5-6-14-11)10-15(7-8-16-2)13-3-4-13/h11-14H,3-10H2,1-2H3. The zero-order valence-electron chi connectivity index (χ0n) is 10.7. The highest BCUT2D eigenvalue weighted by atomic mass is 16.5. The molecule has 1 heterocycles. The van der Waals surface area contributed by atoms with Crippen LogP contribution in [0, 0.1) is 5.92 Å². The van der Waals surface area contributed by atoms with Crippen LogP contribution < -0.4 is 5.32 Å². The summed E-state index contributed by atoms with van der Waals surface area (Å²) in [6.45, 7) is 6.81. The third-order valence-corrected chi connectivity index (χ3v) is 3.87. The lowest BCUT2D eigenvalue weighted by Crippen LogP contribution is -2.42. The van der Waals surface area contributed by atoms with Crippen LogP contribution in [-0.2, 0) is 4.74 Å². The van der Waals surface area contributed by atoms with E-state index in [0.717, 1.165) is 25.1 Å². The Morgan fingerprint density at radius 2 is 2.12 bits per heavy atom. The van der Waals surface area contributed by atoms with Gasteiger partial charge in [0.25, 0.3) is 0 Å². The Kier molecular flexibility index (Phi) is 4.62. The summed E-state index contributed by atoms with van der Waals surface area (Å²) >= 11 is 0. The molecule has 1 aliphatic carbocycles. The molecule has 1 saturated heterocycles. The molecule has 2 fully saturated rings. The van der Waals surface area contributed by atoms with Crippen molar-refractivity contribution < 1.29 is 4.74 Å². The molecule has 1 N–H and O–H groups in total. The van der Waals surface area contributed by atoms with Crippen molar-refractivity contribution in [3.63, 3.8) is 0 Å². The summed E-state index contributed by atoms with van der Waals surface area (Å²) in [4.78, 5) is 2.66. The smallest absolute Gasteiger partial charge is 0.0589 e. The molecule has 2 aliphatic rings. The molecule has 1 saturated carbocycles. The van der Waals surface area contributed by atoms with Crippen LogP contribution in [0.3, 0.4) is 0 Å². The van der Waals surface area contributed by atoms with Gasteiger partial charge in [-0.15, -0.1) is 0 Å². The van der Waals surface area contributed by atoms with Crippen LogP contribution >= 0.6 is 0 Å². The summed E-state index contributed by atoms with van der Waals surface area (Å²) in [6.07, 6.45) is 5.51. The van der Waals surface area contributed by atoms with Gasteiger partial charge in [-0.25, -0.2) is 0 Å². The van der Waals surface area contributed by atoms with Crippen molar-refractivity contribution in [2.75, 3.05) is 33.4 Å². The summed E-state index contributed by atoms with van der Waals surface area (Å²) < 4.78 is 5.21. The average Bonchev–Trinajstić information content (AvgIpc) is 3.08. The second-order valence-electron chi connectivity index (χ2n) is 5.46. The van der Waals surface area contributed by atoms with Gasteiger partial charge in [0, 0.05) is 32.3 Å². The number of nitrogens with zero attached hydrogens (tertiary/aromatic N) is 1. The molecule has 94 valence electrons. The molecule has 0 radical (unpaired) electrons. The van der Waals surface area contributed by atoms with Gasteiger partial charge in [-0.1, -0.05) is 0 Å². The Morgan fingerprint density at radius 3 is 2.75 bits per heavy atom. The van der Waals surface area contributed by atoms with Gasteiger partial charge in [0.15, 0.2) is 0 Å². The first kappa shape index (κ1) is 12.3. The molecule has 3 nitrogen and oxygen atoms in total. The highest BCUT2D eigenvalue weighted by molar-refractivity contribution is 4.87. The Balaban J connectivity index is 1.75. The van der Waals surface area contributed by atoms with E-state index in [-0.39, 0.29) is 0 Å². The van der Waals surface area contributed by atoms with E-state index in [1.165, 1.54) is 38.8 Å². The number of hydrogen-bond acceptors (Lipinski definition) is 3. The molecular weight excluding hydrogens is 200 g/mol. The second-order valence-corrected chi connectivity index (χ2v) is 5.46. The summed E-state index contributed by atoms with van der Waals surface area (Å²) in [5, 5.41) is 3.53. The first-order valence-corrected chi connectivity index (χ1v) is 6.76. The Morgan fingerprint density at radius 1 is 1.31 bits per heavy atom. The topological polar surface area (TPSA) is 24.5 Å². The second kappa shape index (κ2) is 5.99. The van der Waals surface area contributed by atoms with Crippen LogP contribution in [-0.4, -0.2) is 50.3 Å². The maximum atomic E-state index is 5.21. The first-order valence-electron chi connectivity index (χ1n) is 6.76. The minimum Gasteiger partial charge on any atom is -0.383 e. The van der Waals surface area contributed by atoms with Crippen molar-refractivity contribution in [1.82, 2.24) is 10.2 Å².